The minimum atomic E-state index is -0.526. The number of amides is 2. The second-order valence-corrected chi connectivity index (χ2v) is 5.96. The van der Waals surface area contributed by atoms with Crippen molar-refractivity contribution in [3.8, 4) is 11.5 Å². The van der Waals surface area contributed by atoms with Crippen molar-refractivity contribution in [3.05, 3.63) is 58.1 Å². The zero-order valence-corrected chi connectivity index (χ0v) is 14.1. The standard InChI is InChI=1S/C18H17ClN2O4/c19-14-9-11(10-15-16(14)25-8-7-24-15)5-6-21-18(23)13-3-1-12(2-4-13)17(20)22/h1-4,9-10H,5-8H2,(H2,20,22)(H,21,23). The van der Waals surface area contributed by atoms with Crippen molar-refractivity contribution in [2.45, 2.75) is 6.42 Å². The van der Waals surface area contributed by atoms with Crippen LogP contribution in [0.5, 0.6) is 11.5 Å². The Balaban J connectivity index is 1.58. The molecule has 7 heteroatoms. The Morgan fingerprint density at radius 2 is 1.76 bits per heavy atom. The van der Waals surface area contributed by atoms with E-state index in [9.17, 15) is 9.59 Å². The minimum absolute atomic E-state index is 0.223. The summed E-state index contributed by atoms with van der Waals surface area (Å²) in [7, 11) is 0. The Kier molecular flexibility index (Phi) is 5.09. The van der Waals surface area contributed by atoms with Crippen LogP contribution in [-0.2, 0) is 6.42 Å². The predicted octanol–water partition coefficient (Wildman–Crippen LogP) is 2.18. The van der Waals surface area contributed by atoms with Gasteiger partial charge in [-0.2, -0.15) is 0 Å². The van der Waals surface area contributed by atoms with Gasteiger partial charge in [-0.25, -0.2) is 0 Å². The molecule has 3 rings (SSSR count). The first-order valence-electron chi connectivity index (χ1n) is 7.80. The maximum atomic E-state index is 12.1. The molecule has 0 aromatic heterocycles. The van der Waals surface area contributed by atoms with Crippen LogP contribution in [0.15, 0.2) is 36.4 Å². The Morgan fingerprint density at radius 1 is 1.08 bits per heavy atom. The summed E-state index contributed by atoms with van der Waals surface area (Å²) >= 11 is 6.19. The van der Waals surface area contributed by atoms with Crippen molar-refractivity contribution in [1.82, 2.24) is 5.32 Å². The molecule has 2 aromatic rings. The molecule has 0 atom stereocenters. The molecule has 0 unspecified atom stereocenters. The van der Waals surface area contributed by atoms with E-state index in [1.165, 1.54) is 12.1 Å². The van der Waals surface area contributed by atoms with Crippen LogP contribution in [0, 0.1) is 0 Å². The monoisotopic (exact) mass is 360 g/mol. The SMILES string of the molecule is NC(=O)c1ccc(C(=O)NCCc2cc(Cl)c3c(c2)OCCO3)cc1. The van der Waals surface area contributed by atoms with E-state index in [1.807, 2.05) is 12.1 Å². The molecule has 6 nitrogen and oxygen atoms in total. The Hall–Kier alpha value is -2.73. The van der Waals surface area contributed by atoms with E-state index < -0.39 is 5.91 Å². The van der Waals surface area contributed by atoms with Gasteiger partial charge >= 0.3 is 0 Å². The Morgan fingerprint density at radius 3 is 2.48 bits per heavy atom. The molecule has 3 N–H and O–H groups in total. The number of benzene rings is 2. The summed E-state index contributed by atoms with van der Waals surface area (Å²) in [5, 5.41) is 3.33. The molecule has 1 aliphatic rings. The lowest BCUT2D eigenvalue weighted by molar-refractivity contribution is 0.0951. The predicted molar refractivity (Wildman–Crippen MR) is 93.4 cm³/mol. The highest BCUT2D eigenvalue weighted by atomic mass is 35.5. The fourth-order valence-electron chi connectivity index (χ4n) is 2.52. The summed E-state index contributed by atoms with van der Waals surface area (Å²) in [6.07, 6.45) is 0.599. The van der Waals surface area contributed by atoms with Crippen LogP contribution < -0.4 is 20.5 Å². The van der Waals surface area contributed by atoms with E-state index in [1.54, 1.807) is 12.1 Å². The maximum Gasteiger partial charge on any atom is 0.251 e. The van der Waals surface area contributed by atoms with Gasteiger partial charge in [0, 0.05) is 17.7 Å². The number of rotatable bonds is 5. The molecule has 0 saturated carbocycles. The average molecular weight is 361 g/mol. The molecule has 2 amide bonds. The molecule has 0 spiro atoms. The molecule has 1 heterocycles. The fourth-order valence-corrected chi connectivity index (χ4v) is 2.80. The van der Waals surface area contributed by atoms with Crippen molar-refractivity contribution in [2.75, 3.05) is 19.8 Å². The van der Waals surface area contributed by atoms with Gasteiger partial charge in [0.1, 0.15) is 13.2 Å². The molecule has 0 aliphatic carbocycles. The van der Waals surface area contributed by atoms with Gasteiger partial charge in [0.25, 0.3) is 5.91 Å². The van der Waals surface area contributed by atoms with Crippen LogP contribution in [0.2, 0.25) is 5.02 Å². The third-order valence-corrected chi connectivity index (χ3v) is 4.07. The van der Waals surface area contributed by atoms with Crippen LogP contribution in [-0.4, -0.2) is 31.6 Å². The van der Waals surface area contributed by atoms with Crippen LogP contribution in [0.4, 0.5) is 0 Å². The summed E-state index contributed by atoms with van der Waals surface area (Å²) in [4.78, 5) is 23.2. The number of fused-ring (bicyclic) bond motifs is 1. The van der Waals surface area contributed by atoms with Crippen LogP contribution in [0.3, 0.4) is 0 Å². The number of nitrogens with one attached hydrogen (secondary N) is 1. The topological polar surface area (TPSA) is 90.7 Å². The first-order valence-corrected chi connectivity index (χ1v) is 8.18. The zero-order chi connectivity index (χ0) is 17.8. The second kappa shape index (κ2) is 7.44. The smallest absolute Gasteiger partial charge is 0.251 e. The van der Waals surface area contributed by atoms with Gasteiger partial charge < -0.3 is 20.5 Å². The van der Waals surface area contributed by atoms with Crippen molar-refractivity contribution in [2.24, 2.45) is 5.73 Å². The Bertz CT molecular complexity index is 805. The fraction of sp³-hybridized carbons (Fsp3) is 0.222. The van der Waals surface area contributed by atoms with Crippen molar-refractivity contribution < 1.29 is 19.1 Å². The van der Waals surface area contributed by atoms with Crippen molar-refractivity contribution in [3.63, 3.8) is 0 Å². The number of hydrogen-bond acceptors (Lipinski definition) is 4. The van der Waals surface area contributed by atoms with Crippen LogP contribution >= 0.6 is 11.6 Å². The maximum absolute atomic E-state index is 12.1. The van der Waals surface area contributed by atoms with E-state index in [2.05, 4.69) is 5.32 Å². The molecule has 1 aliphatic heterocycles. The highest BCUT2D eigenvalue weighted by Crippen LogP contribution is 2.38. The van der Waals surface area contributed by atoms with E-state index in [0.29, 0.717) is 53.8 Å². The molecular formula is C18H17ClN2O4. The second-order valence-electron chi connectivity index (χ2n) is 5.55. The number of primary amides is 1. The molecule has 2 aromatic carbocycles. The van der Waals surface area contributed by atoms with E-state index in [-0.39, 0.29) is 5.91 Å². The first kappa shape index (κ1) is 17.1. The van der Waals surface area contributed by atoms with E-state index in [0.717, 1.165) is 5.56 Å². The lowest BCUT2D eigenvalue weighted by atomic mass is 10.1. The molecule has 0 fully saturated rings. The van der Waals surface area contributed by atoms with Gasteiger partial charge in [-0.1, -0.05) is 11.6 Å². The zero-order valence-electron chi connectivity index (χ0n) is 13.4. The van der Waals surface area contributed by atoms with Crippen molar-refractivity contribution >= 4 is 23.4 Å². The number of hydrogen-bond donors (Lipinski definition) is 2. The number of ether oxygens (including phenoxy) is 2. The number of halogens is 1. The lowest BCUT2D eigenvalue weighted by Gasteiger charge is -2.20. The lowest BCUT2D eigenvalue weighted by Crippen LogP contribution is -2.26. The van der Waals surface area contributed by atoms with Gasteiger partial charge in [-0.15, -0.1) is 0 Å². The van der Waals surface area contributed by atoms with Gasteiger partial charge in [0.2, 0.25) is 5.91 Å². The number of carbonyl (C=O) groups excluding carboxylic acids is 2. The highest BCUT2D eigenvalue weighted by molar-refractivity contribution is 6.32. The third-order valence-electron chi connectivity index (χ3n) is 3.79. The molecule has 25 heavy (non-hydrogen) atoms. The summed E-state index contributed by atoms with van der Waals surface area (Å²) in [6.45, 7) is 1.41. The van der Waals surface area contributed by atoms with Gasteiger partial charge in [0.05, 0.1) is 5.02 Å². The highest BCUT2D eigenvalue weighted by Gasteiger charge is 2.16. The average Bonchev–Trinajstić information content (AvgIpc) is 2.62. The van der Waals surface area contributed by atoms with Gasteiger partial charge in [0.15, 0.2) is 11.5 Å². The van der Waals surface area contributed by atoms with Crippen molar-refractivity contribution in [1.29, 1.82) is 0 Å². The molecule has 0 radical (unpaired) electrons. The van der Waals surface area contributed by atoms with E-state index in [4.69, 9.17) is 26.8 Å². The third kappa shape index (κ3) is 4.03. The quantitative estimate of drug-likeness (QED) is 0.855. The molecule has 0 saturated heterocycles. The summed E-state index contributed by atoms with van der Waals surface area (Å²) in [6, 6.07) is 9.86. The van der Waals surface area contributed by atoms with E-state index >= 15 is 0 Å². The first-order chi connectivity index (χ1) is 12.0. The van der Waals surface area contributed by atoms with Gasteiger partial charge in [-0.3, -0.25) is 9.59 Å². The normalized spacial score (nSPS) is 12.5. The number of nitrogens with two attached hydrogens (primary N) is 1. The summed E-state index contributed by atoms with van der Waals surface area (Å²) in [5.41, 5.74) is 6.95. The van der Waals surface area contributed by atoms with Gasteiger partial charge in [-0.05, 0) is 48.4 Å². The molecular weight excluding hydrogens is 344 g/mol. The number of carbonyl (C=O) groups is 2. The minimum Gasteiger partial charge on any atom is -0.486 e. The van der Waals surface area contributed by atoms with Crippen LogP contribution in [0.25, 0.3) is 0 Å². The summed E-state index contributed by atoms with van der Waals surface area (Å²) in [5.74, 6) is 0.444. The Labute approximate surface area is 149 Å². The van der Waals surface area contributed by atoms with Crippen LogP contribution in [0.1, 0.15) is 26.3 Å². The molecule has 130 valence electrons. The largest absolute Gasteiger partial charge is 0.486 e. The summed E-state index contributed by atoms with van der Waals surface area (Å²) < 4.78 is 11.0. The molecule has 0 bridgehead atoms.